The number of aryl methyl sites for hydroxylation is 1. The number of aromatic nitrogens is 4. The Morgan fingerprint density at radius 2 is 1.96 bits per heavy atom. The number of hydrogen-bond acceptors (Lipinski definition) is 6. The Balaban J connectivity index is 1.50. The van der Waals surface area contributed by atoms with Crippen molar-refractivity contribution in [1.82, 2.24) is 24.4 Å². The predicted molar refractivity (Wildman–Crippen MR) is 101 cm³/mol. The average molecular weight is 369 g/mol. The molecule has 27 heavy (non-hydrogen) atoms. The van der Waals surface area contributed by atoms with E-state index in [1.165, 1.54) is 4.73 Å². The van der Waals surface area contributed by atoms with E-state index in [4.69, 9.17) is 9.57 Å². The van der Waals surface area contributed by atoms with E-state index in [0.29, 0.717) is 23.5 Å². The molecule has 0 unspecified atom stereocenters. The quantitative estimate of drug-likeness (QED) is 0.605. The van der Waals surface area contributed by atoms with Gasteiger partial charge in [0.05, 0.1) is 25.1 Å². The van der Waals surface area contributed by atoms with Crippen molar-refractivity contribution >= 4 is 11.0 Å². The summed E-state index contributed by atoms with van der Waals surface area (Å²) >= 11 is 0. The fraction of sp³-hybridized carbons (Fsp3) is 0.421. The Morgan fingerprint density at radius 3 is 2.74 bits per heavy atom. The van der Waals surface area contributed by atoms with Gasteiger partial charge in [0.15, 0.2) is 5.65 Å². The molecule has 4 rings (SSSR count). The van der Waals surface area contributed by atoms with Gasteiger partial charge in [-0.3, -0.25) is 9.69 Å². The second-order valence-electron chi connectivity index (χ2n) is 6.53. The lowest BCUT2D eigenvalue weighted by molar-refractivity contribution is 0.0295. The number of para-hydroxylation sites is 1. The Kier molecular flexibility index (Phi) is 5.17. The lowest BCUT2D eigenvalue weighted by Crippen LogP contribution is -2.38. The standard InChI is InChI=1S/C19H23N5O3/c1-15-21-18-17(14-20-23(18)16-6-3-2-4-7-16)19(25)24(15)27-11-5-8-22-9-12-26-13-10-22/h2-4,6-7,14H,5,8-13H2,1H3. The maximum atomic E-state index is 12.8. The molecule has 1 aliphatic rings. The summed E-state index contributed by atoms with van der Waals surface area (Å²) in [5.74, 6) is 0.511. The van der Waals surface area contributed by atoms with E-state index in [0.717, 1.165) is 45.0 Å². The van der Waals surface area contributed by atoms with E-state index in [1.807, 2.05) is 30.3 Å². The van der Waals surface area contributed by atoms with Gasteiger partial charge in [0, 0.05) is 19.6 Å². The second-order valence-corrected chi connectivity index (χ2v) is 6.53. The number of nitrogens with zero attached hydrogens (tertiary/aromatic N) is 5. The topological polar surface area (TPSA) is 74.4 Å². The highest BCUT2D eigenvalue weighted by Gasteiger charge is 2.15. The highest BCUT2D eigenvalue weighted by molar-refractivity contribution is 5.75. The van der Waals surface area contributed by atoms with Crippen LogP contribution < -0.4 is 10.4 Å². The summed E-state index contributed by atoms with van der Waals surface area (Å²) in [6.07, 6.45) is 2.39. The molecule has 8 heteroatoms. The van der Waals surface area contributed by atoms with Gasteiger partial charge in [0.25, 0.3) is 5.56 Å². The molecule has 0 saturated carbocycles. The van der Waals surface area contributed by atoms with Gasteiger partial charge in [-0.25, -0.2) is 9.67 Å². The van der Waals surface area contributed by atoms with Crippen molar-refractivity contribution in [2.75, 3.05) is 39.5 Å². The first-order chi connectivity index (χ1) is 13.2. The van der Waals surface area contributed by atoms with Crippen molar-refractivity contribution in [1.29, 1.82) is 0 Å². The number of rotatable bonds is 6. The first kappa shape index (κ1) is 17.7. The van der Waals surface area contributed by atoms with Crippen LogP contribution in [0.4, 0.5) is 0 Å². The summed E-state index contributed by atoms with van der Waals surface area (Å²) in [5, 5.41) is 4.78. The molecule has 0 N–H and O–H groups in total. The van der Waals surface area contributed by atoms with E-state index in [2.05, 4.69) is 15.0 Å². The molecule has 0 atom stereocenters. The van der Waals surface area contributed by atoms with Crippen molar-refractivity contribution < 1.29 is 9.57 Å². The van der Waals surface area contributed by atoms with Crippen LogP contribution in [0.5, 0.6) is 0 Å². The molecule has 1 aliphatic heterocycles. The lowest BCUT2D eigenvalue weighted by atomic mass is 10.3. The Morgan fingerprint density at radius 1 is 1.19 bits per heavy atom. The third kappa shape index (κ3) is 3.72. The van der Waals surface area contributed by atoms with Gasteiger partial charge in [0.2, 0.25) is 0 Å². The number of hydrogen-bond donors (Lipinski definition) is 0. The minimum absolute atomic E-state index is 0.231. The van der Waals surface area contributed by atoms with Crippen molar-refractivity contribution in [2.24, 2.45) is 0 Å². The van der Waals surface area contributed by atoms with Crippen LogP contribution in [0.2, 0.25) is 0 Å². The zero-order chi connectivity index (χ0) is 18.6. The normalized spacial score (nSPS) is 15.3. The summed E-state index contributed by atoms with van der Waals surface area (Å²) in [7, 11) is 0. The Bertz CT molecular complexity index is 961. The van der Waals surface area contributed by atoms with Crippen molar-refractivity contribution in [2.45, 2.75) is 13.3 Å². The molecule has 0 radical (unpaired) electrons. The molecule has 1 saturated heterocycles. The molecule has 142 valence electrons. The van der Waals surface area contributed by atoms with Gasteiger partial charge in [-0.1, -0.05) is 18.2 Å². The van der Waals surface area contributed by atoms with Crippen molar-refractivity contribution in [3.8, 4) is 5.69 Å². The molecule has 1 aromatic carbocycles. The van der Waals surface area contributed by atoms with E-state index in [-0.39, 0.29) is 5.56 Å². The molecule has 0 bridgehead atoms. The van der Waals surface area contributed by atoms with Gasteiger partial charge >= 0.3 is 0 Å². The number of fused-ring (bicyclic) bond motifs is 1. The Hall–Kier alpha value is -2.71. The van der Waals surface area contributed by atoms with Gasteiger partial charge in [-0.05, 0) is 25.5 Å². The first-order valence-electron chi connectivity index (χ1n) is 9.20. The highest BCUT2D eigenvalue weighted by atomic mass is 16.7. The van der Waals surface area contributed by atoms with Gasteiger partial charge in [-0.15, -0.1) is 4.73 Å². The minimum atomic E-state index is -0.231. The van der Waals surface area contributed by atoms with Gasteiger partial charge < -0.3 is 9.57 Å². The average Bonchev–Trinajstić information content (AvgIpc) is 3.12. The van der Waals surface area contributed by atoms with Crippen LogP contribution in [-0.2, 0) is 4.74 Å². The van der Waals surface area contributed by atoms with E-state index in [1.54, 1.807) is 17.8 Å². The lowest BCUT2D eigenvalue weighted by Gasteiger charge is -2.26. The van der Waals surface area contributed by atoms with Crippen molar-refractivity contribution in [3.05, 3.63) is 52.7 Å². The predicted octanol–water partition coefficient (Wildman–Crippen LogP) is 1.04. The first-order valence-corrected chi connectivity index (χ1v) is 9.20. The SMILES string of the molecule is Cc1nc2c(cnn2-c2ccccc2)c(=O)n1OCCCN1CCOCC1. The van der Waals surface area contributed by atoms with Crippen LogP contribution in [0.15, 0.2) is 41.3 Å². The van der Waals surface area contributed by atoms with Crippen LogP contribution >= 0.6 is 0 Å². The van der Waals surface area contributed by atoms with Crippen LogP contribution in [-0.4, -0.2) is 63.8 Å². The summed E-state index contributed by atoms with van der Waals surface area (Å²) < 4.78 is 8.30. The fourth-order valence-corrected chi connectivity index (χ4v) is 3.23. The maximum Gasteiger partial charge on any atom is 0.297 e. The van der Waals surface area contributed by atoms with Crippen LogP contribution in [0.3, 0.4) is 0 Å². The molecule has 3 aromatic rings. The second kappa shape index (κ2) is 7.89. The van der Waals surface area contributed by atoms with E-state index in [9.17, 15) is 4.79 Å². The molecule has 0 aliphatic carbocycles. The molecular formula is C19H23N5O3. The fourth-order valence-electron chi connectivity index (χ4n) is 3.23. The van der Waals surface area contributed by atoms with Crippen LogP contribution in [0.25, 0.3) is 16.7 Å². The third-order valence-corrected chi connectivity index (χ3v) is 4.66. The molecule has 8 nitrogen and oxygen atoms in total. The molecular weight excluding hydrogens is 346 g/mol. The van der Waals surface area contributed by atoms with Crippen LogP contribution in [0, 0.1) is 6.92 Å². The number of ether oxygens (including phenoxy) is 1. The largest absolute Gasteiger partial charge is 0.409 e. The van der Waals surface area contributed by atoms with Crippen LogP contribution in [0.1, 0.15) is 12.2 Å². The minimum Gasteiger partial charge on any atom is -0.409 e. The third-order valence-electron chi connectivity index (χ3n) is 4.66. The molecule has 1 fully saturated rings. The van der Waals surface area contributed by atoms with E-state index >= 15 is 0 Å². The van der Waals surface area contributed by atoms with Crippen molar-refractivity contribution in [3.63, 3.8) is 0 Å². The zero-order valence-electron chi connectivity index (χ0n) is 15.4. The van der Waals surface area contributed by atoms with Gasteiger partial charge in [-0.2, -0.15) is 5.10 Å². The monoisotopic (exact) mass is 369 g/mol. The number of morpholine rings is 1. The molecule has 2 aromatic heterocycles. The summed E-state index contributed by atoms with van der Waals surface area (Å²) in [6.45, 7) is 6.62. The van der Waals surface area contributed by atoms with E-state index < -0.39 is 0 Å². The molecule has 0 spiro atoms. The Labute approximate surface area is 156 Å². The highest BCUT2D eigenvalue weighted by Crippen LogP contribution is 2.13. The number of benzene rings is 1. The molecule has 3 heterocycles. The summed E-state index contributed by atoms with van der Waals surface area (Å²) in [5.41, 5.74) is 1.17. The summed E-state index contributed by atoms with van der Waals surface area (Å²) in [6, 6.07) is 9.64. The van der Waals surface area contributed by atoms with Gasteiger partial charge in [0.1, 0.15) is 17.8 Å². The summed E-state index contributed by atoms with van der Waals surface area (Å²) in [4.78, 5) is 25.4. The zero-order valence-corrected chi connectivity index (χ0v) is 15.4. The maximum absolute atomic E-state index is 12.8. The smallest absolute Gasteiger partial charge is 0.297 e. The molecule has 0 amide bonds.